The second kappa shape index (κ2) is 10.9. The molecule has 3 aromatic carbocycles. The molecular weight excluding hydrogens is 452 g/mol. The lowest BCUT2D eigenvalue weighted by Crippen LogP contribution is -2.26. The summed E-state index contributed by atoms with van der Waals surface area (Å²) in [5.41, 5.74) is 3.35. The van der Waals surface area contributed by atoms with E-state index in [1.54, 1.807) is 43.5 Å². The van der Waals surface area contributed by atoms with Gasteiger partial charge in [-0.1, -0.05) is 35.9 Å². The largest absolute Gasteiger partial charge is 0.497 e. The Morgan fingerprint density at radius 1 is 0.941 bits per heavy atom. The Morgan fingerprint density at radius 3 is 2.47 bits per heavy atom. The van der Waals surface area contributed by atoms with E-state index in [1.807, 2.05) is 30.3 Å². The van der Waals surface area contributed by atoms with Gasteiger partial charge in [-0.05, 0) is 60.9 Å². The predicted octanol–water partition coefficient (Wildman–Crippen LogP) is 5.52. The third-order valence-corrected chi connectivity index (χ3v) is 5.99. The number of methoxy groups -OCH3 is 1. The number of carbonyl (C=O) groups excluding carboxylic acids is 2. The molecule has 3 amide bonds. The second-order valence-electron chi connectivity index (χ2n) is 8.02. The van der Waals surface area contributed by atoms with Gasteiger partial charge >= 0.3 is 6.03 Å². The minimum absolute atomic E-state index is 0.231. The van der Waals surface area contributed by atoms with Gasteiger partial charge in [-0.3, -0.25) is 4.79 Å². The van der Waals surface area contributed by atoms with Crippen molar-refractivity contribution in [1.82, 2.24) is 5.32 Å². The maximum Gasteiger partial charge on any atom is 0.323 e. The molecule has 0 aliphatic carbocycles. The number of halogens is 1. The molecule has 0 aromatic heterocycles. The first kappa shape index (κ1) is 23.4. The van der Waals surface area contributed by atoms with Crippen molar-refractivity contribution in [3.8, 4) is 5.75 Å². The monoisotopic (exact) mass is 478 g/mol. The molecule has 176 valence electrons. The molecule has 1 heterocycles. The molecule has 1 aliphatic heterocycles. The van der Waals surface area contributed by atoms with Gasteiger partial charge in [0.05, 0.1) is 29.2 Å². The van der Waals surface area contributed by atoms with Crippen LogP contribution in [0.4, 0.5) is 21.9 Å². The third kappa shape index (κ3) is 5.80. The van der Waals surface area contributed by atoms with E-state index in [-0.39, 0.29) is 5.91 Å². The second-order valence-corrected chi connectivity index (χ2v) is 8.43. The van der Waals surface area contributed by atoms with Crippen molar-refractivity contribution in [3.05, 3.63) is 82.9 Å². The highest BCUT2D eigenvalue weighted by molar-refractivity contribution is 6.33. The Morgan fingerprint density at radius 2 is 1.71 bits per heavy atom. The first-order chi connectivity index (χ1) is 16.5. The number of nitrogens with one attached hydrogen (secondary N) is 3. The van der Waals surface area contributed by atoms with E-state index in [0.29, 0.717) is 28.5 Å². The molecule has 7 nitrogen and oxygen atoms in total. The number of amides is 3. The smallest absolute Gasteiger partial charge is 0.323 e. The van der Waals surface area contributed by atoms with Crippen LogP contribution in [0.15, 0.2) is 66.7 Å². The van der Waals surface area contributed by atoms with Gasteiger partial charge in [-0.2, -0.15) is 0 Å². The topological polar surface area (TPSA) is 82.7 Å². The fourth-order valence-electron chi connectivity index (χ4n) is 3.92. The highest BCUT2D eigenvalue weighted by atomic mass is 35.5. The molecule has 1 saturated heterocycles. The number of rotatable bonds is 7. The predicted molar refractivity (Wildman–Crippen MR) is 136 cm³/mol. The number of benzene rings is 3. The maximum atomic E-state index is 12.9. The molecule has 1 fully saturated rings. The molecule has 0 bridgehead atoms. The molecule has 0 saturated carbocycles. The van der Waals surface area contributed by atoms with Crippen molar-refractivity contribution in [2.45, 2.75) is 19.4 Å². The number of carbonyl (C=O) groups is 2. The number of nitrogens with zero attached hydrogens (tertiary/aromatic N) is 1. The number of urea groups is 1. The summed E-state index contributed by atoms with van der Waals surface area (Å²) in [5.74, 6) is 0.503. The summed E-state index contributed by atoms with van der Waals surface area (Å²) in [5, 5.41) is 9.05. The summed E-state index contributed by atoms with van der Waals surface area (Å²) in [6.07, 6.45) is 2.18. The lowest BCUT2D eigenvalue weighted by molar-refractivity contribution is 0.0951. The minimum Gasteiger partial charge on any atom is -0.497 e. The van der Waals surface area contributed by atoms with E-state index in [1.165, 1.54) is 0 Å². The molecule has 3 aromatic rings. The number of hydrogen-bond donors (Lipinski definition) is 3. The zero-order valence-corrected chi connectivity index (χ0v) is 19.7. The molecule has 0 unspecified atom stereocenters. The van der Waals surface area contributed by atoms with Crippen LogP contribution in [0.25, 0.3) is 0 Å². The van der Waals surface area contributed by atoms with Crippen molar-refractivity contribution in [2.24, 2.45) is 0 Å². The Kier molecular flexibility index (Phi) is 7.54. The zero-order chi connectivity index (χ0) is 23.9. The van der Waals surface area contributed by atoms with Crippen molar-refractivity contribution in [1.29, 1.82) is 0 Å². The average molecular weight is 479 g/mol. The van der Waals surface area contributed by atoms with Gasteiger partial charge in [0, 0.05) is 25.2 Å². The Balaban J connectivity index is 1.51. The average Bonchev–Trinajstić information content (AvgIpc) is 3.39. The molecule has 8 heteroatoms. The van der Waals surface area contributed by atoms with Crippen LogP contribution >= 0.6 is 11.6 Å². The number of hydrogen-bond acceptors (Lipinski definition) is 4. The number of para-hydroxylation sites is 1. The Bertz CT molecular complexity index is 1180. The fourth-order valence-corrected chi connectivity index (χ4v) is 4.10. The van der Waals surface area contributed by atoms with Gasteiger partial charge in [0.2, 0.25) is 0 Å². The normalized spacial score (nSPS) is 12.8. The SMILES string of the molecule is COc1cccc(CNC(=O)c2ccc(N3CCCC3)c(NC(=O)Nc3ccccc3Cl)c2)c1. The Labute approximate surface area is 204 Å². The first-order valence-electron chi connectivity index (χ1n) is 11.2. The van der Waals surface area contributed by atoms with Crippen molar-refractivity contribution in [3.63, 3.8) is 0 Å². The summed E-state index contributed by atoms with van der Waals surface area (Å²) in [6.45, 7) is 2.17. The van der Waals surface area contributed by atoms with E-state index >= 15 is 0 Å². The molecule has 4 rings (SSSR count). The van der Waals surface area contributed by atoms with Crippen LogP contribution in [0.2, 0.25) is 5.02 Å². The lowest BCUT2D eigenvalue weighted by atomic mass is 10.1. The van der Waals surface area contributed by atoms with Crippen molar-refractivity contribution >= 4 is 40.6 Å². The van der Waals surface area contributed by atoms with Crippen molar-refractivity contribution in [2.75, 3.05) is 35.7 Å². The summed E-state index contributed by atoms with van der Waals surface area (Å²) in [7, 11) is 1.61. The zero-order valence-electron chi connectivity index (χ0n) is 18.9. The minimum atomic E-state index is -0.428. The first-order valence-corrected chi connectivity index (χ1v) is 11.5. The van der Waals surface area contributed by atoms with Gasteiger partial charge in [-0.15, -0.1) is 0 Å². The molecule has 0 spiro atoms. The van der Waals surface area contributed by atoms with E-state index < -0.39 is 6.03 Å². The van der Waals surface area contributed by atoms with Gasteiger partial charge in [-0.25, -0.2) is 4.79 Å². The quantitative estimate of drug-likeness (QED) is 0.417. The number of anilines is 3. The molecular formula is C26H27ClN4O3. The van der Waals surface area contributed by atoms with Crippen LogP contribution in [0, 0.1) is 0 Å². The highest BCUT2D eigenvalue weighted by Gasteiger charge is 2.19. The lowest BCUT2D eigenvalue weighted by Gasteiger charge is -2.22. The molecule has 3 N–H and O–H groups in total. The molecule has 1 aliphatic rings. The number of ether oxygens (including phenoxy) is 1. The van der Waals surface area contributed by atoms with Gasteiger partial charge in [0.15, 0.2) is 0 Å². The van der Waals surface area contributed by atoms with Gasteiger partial charge in [0.25, 0.3) is 5.91 Å². The fraction of sp³-hybridized carbons (Fsp3) is 0.231. The standard InChI is InChI=1S/C26H27ClN4O3/c1-34-20-8-6-7-18(15-20)17-28-25(32)19-11-12-24(31-13-4-5-14-31)23(16-19)30-26(33)29-22-10-3-2-9-21(22)27/h2-3,6-12,15-16H,4-5,13-14,17H2,1H3,(H,28,32)(H2,29,30,33). The summed E-state index contributed by atoms with van der Waals surface area (Å²) in [4.78, 5) is 27.8. The van der Waals surface area contributed by atoms with Gasteiger partial charge in [0.1, 0.15) is 5.75 Å². The summed E-state index contributed by atoms with van der Waals surface area (Å²) in [6, 6.07) is 19.5. The van der Waals surface area contributed by atoms with Crippen LogP contribution < -0.4 is 25.6 Å². The van der Waals surface area contributed by atoms with Crippen LogP contribution in [0.1, 0.15) is 28.8 Å². The molecule has 34 heavy (non-hydrogen) atoms. The summed E-state index contributed by atoms with van der Waals surface area (Å²) >= 11 is 6.17. The highest BCUT2D eigenvalue weighted by Crippen LogP contribution is 2.31. The van der Waals surface area contributed by atoms with Crippen molar-refractivity contribution < 1.29 is 14.3 Å². The van der Waals surface area contributed by atoms with Crippen LogP contribution in [-0.4, -0.2) is 32.1 Å². The maximum absolute atomic E-state index is 12.9. The van der Waals surface area contributed by atoms with E-state index in [9.17, 15) is 9.59 Å². The van der Waals surface area contributed by atoms with E-state index in [4.69, 9.17) is 16.3 Å². The van der Waals surface area contributed by atoms with Crippen LogP contribution in [-0.2, 0) is 6.54 Å². The van der Waals surface area contributed by atoms with E-state index in [0.717, 1.165) is 42.9 Å². The Hall–Kier alpha value is -3.71. The van der Waals surface area contributed by atoms with Gasteiger partial charge < -0.3 is 25.6 Å². The van der Waals surface area contributed by atoms with E-state index in [2.05, 4.69) is 20.9 Å². The van der Waals surface area contributed by atoms with Crippen LogP contribution in [0.5, 0.6) is 5.75 Å². The molecule has 0 atom stereocenters. The molecule has 0 radical (unpaired) electrons. The summed E-state index contributed by atoms with van der Waals surface area (Å²) < 4.78 is 5.24. The van der Waals surface area contributed by atoms with Crippen LogP contribution in [0.3, 0.4) is 0 Å². The third-order valence-electron chi connectivity index (χ3n) is 5.66.